The summed E-state index contributed by atoms with van der Waals surface area (Å²) in [6.45, 7) is 3.66. The Morgan fingerprint density at radius 3 is 2.24 bits per heavy atom. The average Bonchev–Trinajstić information content (AvgIpc) is 3.30. The second kappa shape index (κ2) is 11.6. The molecule has 0 fully saturated rings. The zero-order valence-corrected chi connectivity index (χ0v) is 21.1. The first-order chi connectivity index (χ1) is 18.2. The maximum atomic E-state index is 12.7. The number of para-hydroxylation sites is 2. The van der Waals surface area contributed by atoms with Gasteiger partial charge in [0.1, 0.15) is 18.2 Å². The van der Waals surface area contributed by atoms with E-state index in [0.29, 0.717) is 26.1 Å². The number of aromatic nitrogens is 2. The van der Waals surface area contributed by atoms with Crippen molar-refractivity contribution in [1.29, 1.82) is 0 Å². The number of amides is 1. The van der Waals surface area contributed by atoms with Crippen molar-refractivity contribution in [1.82, 2.24) is 14.9 Å². The maximum absolute atomic E-state index is 12.7. The molecule has 5 rings (SSSR count). The van der Waals surface area contributed by atoms with E-state index >= 15 is 0 Å². The van der Waals surface area contributed by atoms with Crippen molar-refractivity contribution in [2.75, 3.05) is 6.61 Å². The summed E-state index contributed by atoms with van der Waals surface area (Å²) in [5.41, 5.74) is 6.52. The molecular weight excluding hydrogens is 458 g/mol. The third-order valence-corrected chi connectivity index (χ3v) is 6.52. The highest BCUT2D eigenvalue weighted by atomic mass is 16.5. The van der Waals surface area contributed by atoms with E-state index in [2.05, 4.69) is 59.3 Å². The normalized spacial score (nSPS) is 10.9. The van der Waals surface area contributed by atoms with Crippen LogP contribution in [0.5, 0.6) is 5.75 Å². The Hall–Kier alpha value is -4.38. The lowest BCUT2D eigenvalue weighted by atomic mass is 10.0. The van der Waals surface area contributed by atoms with Crippen molar-refractivity contribution >= 4 is 16.9 Å². The fourth-order valence-corrected chi connectivity index (χ4v) is 4.46. The summed E-state index contributed by atoms with van der Waals surface area (Å²) in [5, 5.41) is 3.05. The number of fused-ring (bicyclic) bond motifs is 1. The average molecular weight is 490 g/mol. The first-order valence-electron chi connectivity index (χ1n) is 12.8. The van der Waals surface area contributed by atoms with Gasteiger partial charge in [-0.15, -0.1) is 0 Å². The fraction of sp³-hybridized carbons (Fsp3) is 0.188. The molecule has 37 heavy (non-hydrogen) atoms. The van der Waals surface area contributed by atoms with Crippen molar-refractivity contribution < 1.29 is 9.53 Å². The van der Waals surface area contributed by atoms with Crippen LogP contribution in [0.3, 0.4) is 0 Å². The van der Waals surface area contributed by atoms with E-state index in [4.69, 9.17) is 9.72 Å². The SMILES string of the molecule is CCc1ccc(OCCn2c(CNC(=O)Cc3ccc(-c4ccccc4)cc3)nc3ccccc32)cc1. The smallest absolute Gasteiger partial charge is 0.224 e. The Bertz CT molecular complexity index is 1460. The molecular formula is C32H31N3O2. The van der Waals surface area contributed by atoms with E-state index < -0.39 is 0 Å². The molecule has 186 valence electrons. The van der Waals surface area contributed by atoms with E-state index in [-0.39, 0.29) is 5.91 Å². The van der Waals surface area contributed by atoms with Crippen molar-refractivity contribution in [3.05, 3.63) is 120 Å². The minimum Gasteiger partial charge on any atom is -0.492 e. The Labute approximate surface area is 217 Å². The quantitative estimate of drug-likeness (QED) is 0.254. The van der Waals surface area contributed by atoms with Gasteiger partial charge < -0.3 is 14.6 Å². The molecule has 1 aromatic heterocycles. The molecule has 0 radical (unpaired) electrons. The monoisotopic (exact) mass is 489 g/mol. The molecule has 0 saturated carbocycles. The van der Waals surface area contributed by atoms with Gasteiger partial charge in [-0.25, -0.2) is 4.98 Å². The number of imidazole rings is 1. The van der Waals surface area contributed by atoms with Crippen LogP contribution in [-0.2, 0) is 30.7 Å². The molecule has 5 heteroatoms. The molecule has 0 aliphatic rings. The van der Waals surface area contributed by atoms with Crippen molar-refractivity contribution in [2.45, 2.75) is 32.9 Å². The van der Waals surface area contributed by atoms with Crippen LogP contribution in [0.1, 0.15) is 23.9 Å². The lowest BCUT2D eigenvalue weighted by Gasteiger charge is -2.12. The fourth-order valence-electron chi connectivity index (χ4n) is 4.46. The molecule has 1 heterocycles. The van der Waals surface area contributed by atoms with Crippen LogP contribution in [-0.4, -0.2) is 22.1 Å². The van der Waals surface area contributed by atoms with Gasteiger partial charge in [0.2, 0.25) is 5.91 Å². The summed E-state index contributed by atoms with van der Waals surface area (Å²) < 4.78 is 8.12. The topological polar surface area (TPSA) is 56.1 Å². The largest absolute Gasteiger partial charge is 0.492 e. The van der Waals surface area contributed by atoms with Crippen LogP contribution >= 0.6 is 0 Å². The van der Waals surface area contributed by atoms with Crippen LogP contribution in [0.15, 0.2) is 103 Å². The molecule has 0 saturated heterocycles. The van der Waals surface area contributed by atoms with E-state index in [1.54, 1.807) is 0 Å². The number of hydrogen-bond acceptors (Lipinski definition) is 3. The van der Waals surface area contributed by atoms with Gasteiger partial charge in [-0.05, 0) is 52.9 Å². The molecule has 1 amide bonds. The number of aryl methyl sites for hydroxylation is 1. The predicted octanol–water partition coefficient (Wildman–Crippen LogP) is 6.20. The van der Waals surface area contributed by atoms with Crippen molar-refractivity contribution in [3.63, 3.8) is 0 Å². The van der Waals surface area contributed by atoms with E-state index in [1.807, 2.05) is 60.7 Å². The Morgan fingerprint density at radius 1 is 0.811 bits per heavy atom. The minimum absolute atomic E-state index is 0.0293. The van der Waals surface area contributed by atoms with Crippen LogP contribution in [0.4, 0.5) is 0 Å². The third-order valence-electron chi connectivity index (χ3n) is 6.52. The zero-order chi connectivity index (χ0) is 25.5. The number of benzene rings is 4. The summed E-state index contributed by atoms with van der Waals surface area (Å²) in [7, 11) is 0. The molecule has 1 N–H and O–H groups in total. The predicted molar refractivity (Wildman–Crippen MR) is 148 cm³/mol. The molecule has 0 bridgehead atoms. The lowest BCUT2D eigenvalue weighted by molar-refractivity contribution is -0.120. The van der Waals surface area contributed by atoms with E-state index in [1.165, 1.54) is 11.1 Å². The molecule has 5 nitrogen and oxygen atoms in total. The van der Waals surface area contributed by atoms with Crippen molar-refractivity contribution in [3.8, 4) is 16.9 Å². The summed E-state index contributed by atoms with van der Waals surface area (Å²) in [6, 6.07) is 34.6. The number of carbonyl (C=O) groups is 1. The summed E-state index contributed by atoms with van der Waals surface area (Å²) >= 11 is 0. The van der Waals surface area contributed by atoms with Crippen LogP contribution in [0.25, 0.3) is 22.2 Å². The van der Waals surface area contributed by atoms with Crippen LogP contribution in [0, 0.1) is 0 Å². The highest BCUT2D eigenvalue weighted by Gasteiger charge is 2.12. The Kier molecular flexibility index (Phi) is 7.60. The third kappa shape index (κ3) is 6.07. The first kappa shape index (κ1) is 24.3. The molecule has 0 atom stereocenters. The molecule has 0 unspecified atom stereocenters. The second-order valence-corrected chi connectivity index (χ2v) is 9.03. The lowest BCUT2D eigenvalue weighted by Crippen LogP contribution is -2.26. The van der Waals surface area contributed by atoms with Gasteiger partial charge in [0.05, 0.1) is 30.5 Å². The molecule has 4 aromatic carbocycles. The highest BCUT2D eigenvalue weighted by Crippen LogP contribution is 2.20. The van der Waals surface area contributed by atoms with Gasteiger partial charge in [-0.2, -0.15) is 0 Å². The number of rotatable bonds is 10. The minimum atomic E-state index is -0.0293. The maximum Gasteiger partial charge on any atom is 0.224 e. The van der Waals surface area contributed by atoms with Gasteiger partial charge >= 0.3 is 0 Å². The van der Waals surface area contributed by atoms with Gasteiger partial charge in [0.15, 0.2) is 0 Å². The molecule has 0 aliphatic heterocycles. The molecule has 0 spiro atoms. The Morgan fingerprint density at radius 2 is 1.49 bits per heavy atom. The summed E-state index contributed by atoms with van der Waals surface area (Å²) in [5.74, 6) is 1.65. The van der Waals surface area contributed by atoms with E-state index in [9.17, 15) is 4.79 Å². The molecule has 5 aromatic rings. The number of carbonyl (C=O) groups excluding carboxylic acids is 1. The summed E-state index contributed by atoms with van der Waals surface area (Å²) in [6.07, 6.45) is 1.33. The zero-order valence-electron chi connectivity index (χ0n) is 21.1. The Balaban J connectivity index is 1.21. The number of ether oxygens (including phenoxy) is 1. The number of nitrogens with zero attached hydrogens (tertiary/aromatic N) is 2. The van der Waals surface area contributed by atoms with Crippen LogP contribution in [0.2, 0.25) is 0 Å². The first-order valence-corrected chi connectivity index (χ1v) is 12.8. The van der Waals surface area contributed by atoms with Gasteiger partial charge in [-0.3, -0.25) is 4.79 Å². The summed E-state index contributed by atoms with van der Waals surface area (Å²) in [4.78, 5) is 17.5. The molecule has 0 aliphatic carbocycles. The number of nitrogens with one attached hydrogen (secondary N) is 1. The highest BCUT2D eigenvalue weighted by molar-refractivity contribution is 5.79. The van der Waals surface area contributed by atoms with Crippen molar-refractivity contribution in [2.24, 2.45) is 0 Å². The van der Waals surface area contributed by atoms with E-state index in [0.717, 1.165) is 40.2 Å². The van der Waals surface area contributed by atoms with Gasteiger partial charge in [0, 0.05) is 0 Å². The number of hydrogen-bond donors (Lipinski definition) is 1. The van der Waals surface area contributed by atoms with Crippen LogP contribution < -0.4 is 10.1 Å². The second-order valence-electron chi connectivity index (χ2n) is 9.03. The van der Waals surface area contributed by atoms with Gasteiger partial charge in [-0.1, -0.05) is 85.8 Å². The standard InChI is InChI=1S/C32H31N3O2/c1-2-24-14-18-28(19-15-24)37-21-20-35-30-11-7-6-10-29(30)34-31(35)23-33-32(36)22-25-12-16-27(17-13-25)26-8-4-3-5-9-26/h3-19H,2,20-23H2,1H3,(H,33,36). The van der Waals surface area contributed by atoms with Gasteiger partial charge in [0.25, 0.3) is 0 Å².